The molecule has 2 heterocycles. The predicted molar refractivity (Wildman–Crippen MR) is 183 cm³/mol. The van der Waals surface area contributed by atoms with E-state index < -0.39 is 0 Å². The van der Waals surface area contributed by atoms with E-state index in [4.69, 9.17) is 13.9 Å². The summed E-state index contributed by atoms with van der Waals surface area (Å²) in [6, 6.07) is 0. The Bertz CT molecular complexity index is 1800. The van der Waals surface area contributed by atoms with Crippen molar-refractivity contribution in [3.63, 3.8) is 0 Å². The van der Waals surface area contributed by atoms with Crippen LogP contribution in [0, 0.1) is 111 Å². The van der Waals surface area contributed by atoms with Crippen molar-refractivity contribution in [1.29, 1.82) is 0 Å². The first-order chi connectivity index (χ1) is 20.0. The van der Waals surface area contributed by atoms with Crippen LogP contribution in [-0.4, -0.2) is 0 Å². The first-order valence-corrected chi connectivity index (χ1v) is 15.5. The zero-order valence-electron chi connectivity index (χ0n) is 29.2. The van der Waals surface area contributed by atoms with Crippen LogP contribution in [0.15, 0.2) is 4.42 Å². The van der Waals surface area contributed by atoms with Gasteiger partial charge in [0.2, 0.25) is 0 Å². The second-order valence-electron chi connectivity index (χ2n) is 13.0. The molecule has 3 nitrogen and oxygen atoms in total. The van der Waals surface area contributed by atoms with Crippen molar-refractivity contribution in [2.45, 2.75) is 111 Å². The number of fused-ring (bicyclic) bond motifs is 5. The number of ether oxygens (including phenoxy) is 2. The Morgan fingerprint density at radius 2 is 0.442 bits per heavy atom. The lowest BCUT2D eigenvalue weighted by molar-refractivity contribution is 0.350. The number of hydrogen-bond donors (Lipinski definition) is 0. The third-order valence-electron chi connectivity index (χ3n) is 11.3. The summed E-state index contributed by atoms with van der Waals surface area (Å²) in [4.78, 5) is 0. The van der Waals surface area contributed by atoms with Crippen LogP contribution in [0.25, 0.3) is 21.9 Å². The second-order valence-corrected chi connectivity index (χ2v) is 13.0. The van der Waals surface area contributed by atoms with Gasteiger partial charge in [0, 0.05) is 10.8 Å². The minimum atomic E-state index is 0.874. The van der Waals surface area contributed by atoms with Crippen molar-refractivity contribution in [1.82, 2.24) is 0 Å². The van der Waals surface area contributed by atoms with E-state index in [9.17, 15) is 0 Å². The maximum Gasteiger partial charge on any atom is 0.173 e. The normalized spacial score (nSPS) is 12.1. The van der Waals surface area contributed by atoms with E-state index >= 15 is 0 Å². The molecule has 0 atom stereocenters. The van der Waals surface area contributed by atoms with Gasteiger partial charge in [0.1, 0.15) is 11.2 Å². The lowest BCUT2D eigenvalue weighted by Crippen LogP contribution is -2.09. The maximum absolute atomic E-state index is 6.35. The van der Waals surface area contributed by atoms with E-state index in [1.54, 1.807) is 0 Å². The zero-order chi connectivity index (χ0) is 32.0. The molecule has 1 aromatic heterocycles. The third kappa shape index (κ3) is 4.30. The smallest absolute Gasteiger partial charge is 0.173 e. The summed E-state index contributed by atoms with van der Waals surface area (Å²) in [6.07, 6.45) is 0. The quantitative estimate of drug-likeness (QED) is 0.180. The van der Waals surface area contributed by atoms with Gasteiger partial charge in [-0.15, -0.1) is 0 Å². The molecule has 3 heteroatoms. The summed E-state index contributed by atoms with van der Waals surface area (Å²) < 4.78 is 19.0. The molecule has 0 radical (unpaired) electrons. The van der Waals surface area contributed by atoms with Gasteiger partial charge < -0.3 is 13.9 Å². The van der Waals surface area contributed by atoms with Crippen LogP contribution < -0.4 is 9.47 Å². The van der Waals surface area contributed by atoms with Crippen LogP contribution in [0.1, 0.15) is 89.0 Å². The van der Waals surface area contributed by atoms with E-state index in [1.165, 1.54) is 99.8 Å². The van der Waals surface area contributed by atoms with Crippen LogP contribution in [0.4, 0.5) is 0 Å². The maximum atomic E-state index is 6.35. The lowest BCUT2D eigenvalue weighted by atomic mass is 9.90. The number of hydrogen-bond acceptors (Lipinski definition) is 3. The van der Waals surface area contributed by atoms with Crippen molar-refractivity contribution in [2.75, 3.05) is 0 Å². The Morgan fingerprint density at radius 3 is 0.698 bits per heavy atom. The number of benzene rings is 4. The molecule has 0 saturated carbocycles. The predicted octanol–water partition coefficient (Wildman–Crippen LogP) is 12.1. The average Bonchev–Trinajstić information content (AvgIpc) is 3.41. The summed E-state index contributed by atoms with van der Waals surface area (Å²) in [5.74, 6) is 3.50. The second kappa shape index (κ2) is 10.5. The summed E-state index contributed by atoms with van der Waals surface area (Å²) >= 11 is 0. The molecule has 0 N–H and O–H groups in total. The van der Waals surface area contributed by atoms with Crippen molar-refractivity contribution in [3.8, 4) is 23.0 Å². The topological polar surface area (TPSA) is 31.6 Å². The molecule has 0 spiro atoms. The Kier molecular flexibility index (Phi) is 7.48. The van der Waals surface area contributed by atoms with E-state index in [1.807, 2.05) is 0 Å². The number of rotatable bonds is 0. The van der Waals surface area contributed by atoms with Gasteiger partial charge in [-0.05, 0) is 200 Å². The van der Waals surface area contributed by atoms with Crippen LogP contribution in [-0.2, 0) is 0 Å². The lowest BCUT2D eigenvalue weighted by Gasteiger charge is -2.29. The van der Waals surface area contributed by atoms with Crippen molar-refractivity contribution >= 4 is 21.9 Å². The minimum Gasteiger partial charge on any atom is -0.455 e. The first-order valence-electron chi connectivity index (χ1n) is 15.5. The van der Waals surface area contributed by atoms with Crippen molar-refractivity contribution in [3.05, 3.63) is 89.0 Å². The molecule has 6 rings (SSSR count). The molecule has 4 aromatic carbocycles. The van der Waals surface area contributed by atoms with Gasteiger partial charge in [-0.1, -0.05) is 0 Å². The van der Waals surface area contributed by atoms with E-state index in [2.05, 4.69) is 111 Å². The highest BCUT2D eigenvalue weighted by Gasteiger charge is 2.29. The molecule has 0 amide bonds. The first kappa shape index (κ1) is 30.7. The fraction of sp³-hybridized carbons (Fsp3) is 0.400. The molecule has 5 aromatic rings. The SMILES string of the molecule is Cc1c(C)c(C)c2c(c1C)Oc1c(C)c(C)c(C)c(C)c1O2.Cc1c(C)c(C)c2c(oc3c(C)c(C)c(C)c(C)c32)c1C. The fourth-order valence-electron chi connectivity index (χ4n) is 6.70. The highest BCUT2D eigenvalue weighted by molar-refractivity contribution is 6.11. The standard InChI is InChI=1S/C20H24O2.C20H24O/c1-9-10(2)14(6)18-17(13(9)5)21-19-15(7)11(3)12(4)16(8)20(19)22-18;1-9-11(3)15(7)19-17(13(9)5)18-14(6)10(2)12(4)16(8)20(18)21-19/h1-8H3;1-8H3. The molecule has 226 valence electrons. The third-order valence-corrected chi connectivity index (χ3v) is 11.3. The summed E-state index contributed by atoms with van der Waals surface area (Å²) in [6.45, 7) is 34.7. The van der Waals surface area contributed by atoms with E-state index in [-0.39, 0.29) is 0 Å². The average molecular weight is 577 g/mol. The van der Waals surface area contributed by atoms with Crippen molar-refractivity contribution < 1.29 is 13.9 Å². The van der Waals surface area contributed by atoms with Gasteiger partial charge in [-0.3, -0.25) is 0 Å². The molecule has 0 fully saturated rings. The largest absolute Gasteiger partial charge is 0.455 e. The van der Waals surface area contributed by atoms with Crippen LogP contribution in [0.5, 0.6) is 23.0 Å². The molecule has 0 aliphatic carbocycles. The Labute approximate surface area is 258 Å². The monoisotopic (exact) mass is 576 g/mol. The number of aryl methyl sites for hydroxylation is 4. The molecular weight excluding hydrogens is 528 g/mol. The summed E-state index contributed by atoms with van der Waals surface area (Å²) in [5.41, 5.74) is 22.7. The van der Waals surface area contributed by atoms with Crippen LogP contribution in [0.2, 0.25) is 0 Å². The molecule has 1 aliphatic rings. The Balaban J connectivity index is 0.000000171. The summed E-state index contributed by atoms with van der Waals surface area (Å²) in [7, 11) is 0. The molecule has 43 heavy (non-hydrogen) atoms. The Hall–Kier alpha value is -3.72. The van der Waals surface area contributed by atoms with Crippen LogP contribution in [0.3, 0.4) is 0 Å². The molecule has 1 aliphatic heterocycles. The van der Waals surface area contributed by atoms with Gasteiger partial charge in [0.25, 0.3) is 0 Å². The molecule has 0 saturated heterocycles. The Morgan fingerprint density at radius 1 is 0.233 bits per heavy atom. The molecular formula is C40H48O3. The highest BCUT2D eigenvalue weighted by Crippen LogP contribution is 2.53. The van der Waals surface area contributed by atoms with Gasteiger partial charge in [-0.25, -0.2) is 0 Å². The van der Waals surface area contributed by atoms with Gasteiger partial charge in [0.15, 0.2) is 23.0 Å². The number of furan rings is 1. The minimum absolute atomic E-state index is 0.874. The van der Waals surface area contributed by atoms with Gasteiger partial charge in [-0.2, -0.15) is 0 Å². The molecule has 0 unspecified atom stereocenters. The van der Waals surface area contributed by atoms with Crippen LogP contribution >= 0.6 is 0 Å². The van der Waals surface area contributed by atoms with Gasteiger partial charge in [0.05, 0.1) is 0 Å². The van der Waals surface area contributed by atoms with E-state index in [0.717, 1.165) is 34.2 Å². The summed E-state index contributed by atoms with van der Waals surface area (Å²) in [5, 5.41) is 2.63. The fourth-order valence-corrected chi connectivity index (χ4v) is 6.70. The van der Waals surface area contributed by atoms with Crippen molar-refractivity contribution in [2.24, 2.45) is 0 Å². The highest BCUT2D eigenvalue weighted by atomic mass is 16.6. The zero-order valence-corrected chi connectivity index (χ0v) is 29.2. The van der Waals surface area contributed by atoms with E-state index in [0.29, 0.717) is 0 Å². The van der Waals surface area contributed by atoms with Gasteiger partial charge >= 0.3 is 0 Å². The molecule has 0 bridgehead atoms.